The molecule has 1 aliphatic heterocycles. The molecule has 2 heterocycles. The lowest BCUT2D eigenvalue weighted by molar-refractivity contribution is 0.00578. The summed E-state index contributed by atoms with van der Waals surface area (Å²) < 4.78 is 23.4. The molecule has 0 radical (unpaired) electrons. The van der Waals surface area contributed by atoms with Crippen molar-refractivity contribution in [2.75, 3.05) is 7.11 Å². The summed E-state index contributed by atoms with van der Waals surface area (Å²) in [6, 6.07) is 7.65. The van der Waals surface area contributed by atoms with E-state index in [2.05, 4.69) is 9.97 Å². The third-order valence-corrected chi connectivity index (χ3v) is 4.69. The van der Waals surface area contributed by atoms with Gasteiger partial charge < -0.3 is 18.8 Å². The lowest BCUT2D eigenvalue weighted by Gasteiger charge is -2.32. The number of hydrogen-bond donors (Lipinski definition) is 0. The van der Waals surface area contributed by atoms with Crippen molar-refractivity contribution in [3.8, 4) is 17.5 Å². The number of aromatic nitrogens is 2. The Bertz CT molecular complexity index is 763. The zero-order chi connectivity index (χ0) is 18.2. The van der Waals surface area contributed by atoms with Crippen LogP contribution in [0, 0.1) is 6.92 Å². The molecule has 0 unspecified atom stereocenters. The summed E-state index contributed by atoms with van der Waals surface area (Å²) in [7, 11) is 1.14. The van der Waals surface area contributed by atoms with Gasteiger partial charge in [0.15, 0.2) is 11.5 Å². The Kier molecular flexibility index (Phi) is 4.47. The average molecular weight is 342 g/mol. The van der Waals surface area contributed by atoms with Gasteiger partial charge in [0.05, 0.1) is 18.3 Å². The van der Waals surface area contributed by atoms with Crippen LogP contribution in [0.3, 0.4) is 0 Å². The minimum Gasteiger partial charge on any atom is -0.493 e. The summed E-state index contributed by atoms with van der Waals surface area (Å²) in [5, 5.41) is 0. The molecule has 0 bridgehead atoms. The van der Waals surface area contributed by atoms with Crippen LogP contribution in [-0.2, 0) is 9.31 Å². The quantitative estimate of drug-likeness (QED) is 0.796. The van der Waals surface area contributed by atoms with Crippen LogP contribution in [0.25, 0.3) is 0 Å². The van der Waals surface area contributed by atoms with Crippen molar-refractivity contribution in [2.24, 2.45) is 0 Å². The van der Waals surface area contributed by atoms with Gasteiger partial charge in [-0.05, 0) is 58.3 Å². The van der Waals surface area contributed by atoms with E-state index in [-0.39, 0.29) is 6.01 Å². The second-order valence-corrected chi connectivity index (χ2v) is 7.08. The SMILES string of the molecule is COc1cc(B2OC(C)(C)C(C)(C)O2)ccc1Oc1nccc(C)n1. The number of methoxy groups -OCH3 is 1. The summed E-state index contributed by atoms with van der Waals surface area (Å²) >= 11 is 0. The molecule has 25 heavy (non-hydrogen) atoms. The highest BCUT2D eigenvalue weighted by Gasteiger charge is 2.51. The Morgan fingerprint density at radius 3 is 2.28 bits per heavy atom. The topological polar surface area (TPSA) is 62.7 Å². The van der Waals surface area contributed by atoms with Crippen molar-refractivity contribution in [1.29, 1.82) is 0 Å². The number of hydrogen-bond acceptors (Lipinski definition) is 6. The van der Waals surface area contributed by atoms with E-state index < -0.39 is 18.3 Å². The van der Waals surface area contributed by atoms with E-state index in [9.17, 15) is 0 Å². The standard InChI is InChI=1S/C18H23BN2O4/c1-12-9-10-20-16(21-12)23-14-8-7-13(11-15(14)22-6)19-24-17(2,3)18(4,5)25-19/h7-11H,1-6H3. The monoisotopic (exact) mass is 342 g/mol. The Balaban J connectivity index is 1.85. The van der Waals surface area contributed by atoms with E-state index in [0.29, 0.717) is 11.5 Å². The molecule has 3 rings (SSSR count). The Labute approximate surface area is 148 Å². The Hall–Kier alpha value is -2.12. The van der Waals surface area contributed by atoms with Crippen LogP contribution in [0.1, 0.15) is 33.4 Å². The molecular weight excluding hydrogens is 319 g/mol. The van der Waals surface area contributed by atoms with Gasteiger partial charge in [0.1, 0.15) is 0 Å². The first-order valence-corrected chi connectivity index (χ1v) is 8.23. The summed E-state index contributed by atoms with van der Waals surface area (Å²) in [4.78, 5) is 8.35. The summed E-state index contributed by atoms with van der Waals surface area (Å²) in [6.45, 7) is 9.98. The van der Waals surface area contributed by atoms with Crippen LogP contribution in [0.5, 0.6) is 17.5 Å². The summed E-state index contributed by atoms with van der Waals surface area (Å²) in [5.74, 6) is 1.10. The maximum Gasteiger partial charge on any atom is 0.494 e. The minimum atomic E-state index is -0.455. The molecule has 0 saturated carbocycles. The number of aryl methyl sites for hydroxylation is 1. The molecule has 132 valence electrons. The van der Waals surface area contributed by atoms with Crippen LogP contribution in [0.4, 0.5) is 0 Å². The fourth-order valence-electron chi connectivity index (χ4n) is 2.47. The van der Waals surface area contributed by atoms with Crippen molar-refractivity contribution >= 4 is 12.6 Å². The van der Waals surface area contributed by atoms with Crippen molar-refractivity contribution in [3.63, 3.8) is 0 Å². The number of nitrogens with zero attached hydrogens (tertiary/aromatic N) is 2. The Morgan fingerprint density at radius 1 is 1.00 bits per heavy atom. The van der Waals surface area contributed by atoms with E-state index in [0.717, 1.165) is 11.2 Å². The molecule has 0 atom stereocenters. The van der Waals surface area contributed by atoms with Gasteiger partial charge in [-0.1, -0.05) is 6.07 Å². The fourth-order valence-corrected chi connectivity index (χ4v) is 2.47. The third-order valence-electron chi connectivity index (χ3n) is 4.69. The average Bonchev–Trinajstić information content (AvgIpc) is 2.76. The molecule has 2 aromatic rings. The van der Waals surface area contributed by atoms with Crippen LogP contribution >= 0.6 is 0 Å². The zero-order valence-corrected chi connectivity index (χ0v) is 15.5. The molecule has 7 heteroatoms. The van der Waals surface area contributed by atoms with Gasteiger partial charge in [-0.25, -0.2) is 9.97 Å². The normalized spacial score (nSPS) is 18.2. The first-order valence-electron chi connectivity index (χ1n) is 8.23. The van der Waals surface area contributed by atoms with E-state index >= 15 is 0 Å². The second kappa shape index (κ2) is 6.31. The molecular formula is C18H23BN2O4. The van der Waals surface area contributed by atoms with Gasteiger partial charge in [-0.2, -0.15) is 0 Å². The highest BCUT2D eigenvalue weighted by atomic mass is 16.7. The van der Waals surface area contributed by atoms with E-state index in [1.165, 1.54) is 0 Å². The molecule has 0 spiro atoms. The number of benzene rings is 1. The van der Waals surface area contributed by atoms with Crippen molar-refractivity contribution in [1.82, 2.24) is 9.97 Å². The molecule has 1 aromatic carbocycles. The predicted molar refractivity (Wildman–Crippen MR) is 95.6 cm³/mol. The molecule has 1 aromatic heterocycles. The highest BCUT2D eigenvalue weighted by Crippen LogP contribution is 2.37. The van der Waals surface area contributed by atoms with Crippen LogP contribution in [0.2, 0.25) is 0 Å². The summed E-state index contributed by atoms with van der Waals surface area (Å²) in [6.07, 6.45) is 1.66. The molecule has 0 aliphatic carbocycles. The maximum absolute atomic E-state index is 6.08. The summed E-state index contributed by atoms with van der Waals surface area (Å²) in [5.41, 5.74) is 0.913. The van der Waals surface area contributed by atoms with Crippen LogP contribution in [0.15, 0.2) is 30.5 Å². The highest BCUT2D eigenvalue weighted by molar-refractivity contribution is 6.62. The van der Waals surface area contributed by atoms with Gasteiger partial charge in [-0.3, -0.25) is 0 Å². The van der Waals surface area contributed by atoms with Gasteiger partial charge >= 0.3 is 13.1 Å². The van der Waals surface area contributed by atoms with Gasteiger partial charge in [0.2, 0.25) is 0 Å². The van der Waals surface area contributed by atoms with E-state index in [1.54, 1.807) is 13.3 Å². The fraction of sp³-hybridized carbons (Fsp3) is 0.444. The van der Waals surface area contributed by atoms with Crippen molar-refractivity contribution in [3.05, 3.63) is 36.2 Å². The van der Waals surface area contributed by atoms with Gasteiger partial charge in [0, 0.05) is 11.9 Å². The lowest BCUT2D eigenvalue weighted by atomic mass is 9.79. The zero-order valence-electron chi connectivity index (χ0n) is 15.5. The molecule has 1 saturated heterocycles. The van der Waals surface area contributed by atoms with Gasteiger partial charge in [-0.15, -0.1) is 0 Å². The third kappa shape index (κ3) is 3.48. The van der Waals surface area contributed by atoms with E-state index in [1.807, 2.05) is 58.9 Å². The first kappa shape index (κ1) is 17.7. The van der Waals surface area contributed by atoms with E-state index in [4.69, 9.17) is 18.8 Å². The van der Waals surface area contributed by atoms with Crippen molar-refractivity contribution in [2.45, 2.75) is 45.8 Å². The van der Waals surface area contributed by atoms with Gasteiger partial charge in [0.25, 0.3) is 0 Å². The number of rotatable bonds is 4. The molecule has 1 fully saturated rings. The largest absolute Gasteiger partial charge is 0.494 e. The van der Waals surface area contributed by atoms with Crippen LogP contribution < -0.4 is 14.9 Å². The smallest absolute Gasteiger partial charge is 0.493 e. The maximum atomic E-state index is 6.08. The molecule has 0 amide bonds. The predicted octanol–water partition coefficient (Wildman–Crippen LogP) is 2.89. The molecule has 0 N–H and O–H groups in total. The van der Waals surface area contributed by atoms with Crippen molar-refractivity contribution < 1.29 is 18.8 Å². The second-order valence-electron chi connectivity index (χ2n) is 7.08. The van der Waals surface area contributed by atoms with Crippen LogP contribution in [-0.4, -0.2) is 35.4 Å². The number of ether oxygens (including phenoxy) is 2. The minimum absolute atomic E-state index is 0.279. The Morgan fingerprint density at radius 2 is 1.68 bits per heavy atom. The molecule has 1 aliphatic rings. The first-order chi connectivity index (χ1) is 11.7. The molecule has 6 nitrogen and oxygen atoms in total. The lowest BCUT2D eigenvalue weighted by Crippen LogP contribution is -2.41.